The first-order valence-corrected chi connectivity index (χ1v) is 7.46. The van der Waals surface area contributed by atoms with Crippen molar-refractivity contribution in [2.24, 2.45) is 0 Å². The van der Waals surface area contributed by atoms with Crippen LogP contribution in [-0.2, 0) is 0 Å². The van der Waals surface area contributed by atoms with E-state index in [4.69, 9.17) is 5.73 Å². The molecular weight excluding hydrogens is 292 g/mol. The predicted octanol–water partition coefficient (Wildman–Crippen LogP) is 2.43. The van der Waals surface area contributed by atoms with Gasteiger partial charge in [-0.2, -0.15) is 0 Å². The molecule has 1 aliphatic carbocycles. The summed E-state index contributed by atoms with van der Waals surface area (Å²) >= 11 is 1.33. The Kier molecular flexibility index (Phi) is 3.74. The Balaban J connectivity index is 1.84. The first kappa shape index (κ1) is 13.8. The number of nitro benzene ring substituents is 1. The lowest BCUT2D eigenvalue weighted by molar-refractivity contribution is -0.384. The maximum Gasteiger partial charge on any atom is 0.271 e. The van der Waals surface area contributed by atoms with Gasteiger partial charge in [0.2, 0.25) is 5.16 Å². The number of non-ortho nitro benzene ring substituents is 1. The fourth-order valence-electron chi connectivity index (χ4n) is 2.47. The molecule has 0 spiro atoms. The number of nitro groups is 1. The van der Waals surface area contributed by atoms with Crippen molar-refractivity contribution >= 4 is 23.1 Å². The lowest BCUT2D eigenvalue weighted by Crippen LogP contribution is -2.08. The number of nitrogens with zero attached hydrogens (tertiary/aromatic N) is 5. The number of nitrogens with two attached hydrogens (primary N) is 1. The molecule has 0 amide bonds. The molecule has 0 saturated heterocycles. The molecule has 1 fully saturated rings. The summed E-state index contributed by atoms with van der Waals surface area (Å²) in [7, 11) is 0. The van der Waals surface area contributed by atoms with Gasteiger partial charge in [-0.1, -0.05) is 12.8 Å². The van der Waals surface area contributed by atoms with Crippen LogP contribution in [0.25, 0.3) is 0 Å². The summed E-state index contributed by atoms with van der Waals surface area (Å²) in [6, 6.07) is 4.75. The van der Waals surface area contributed by atoms with Crippen LogP contribution in [0.4, 0.5) is 11.4 Å². The number of hydrogen-bond donors (Lipinski definition) is 1. The molecule has 2 aromatic rings. The molecule has 9 heteroatoms. The molecule has 1 aliphatic rings. The van der Waals surface area contributed by atoms with E-state index in [0.717, 1.165) is 17.7 Å². The van der Waals surface area contributed by atoms with E-state index in [1.165, 1.54) is 36.7 Å². The summed E-state index contributed by atoms with van der Waals surface area (Å²) in [5.41, 5.74) is 6.21. The topological polar surface area (TPSA) is 113 Å². The van der Waals surface area contributed by atoms with Crippen molar-refractivity contribution in [2.75, 3.05) is 5.73 Å². The normalized spacial score (nSPS) is 15.4. The smallest absolute Gasteiger partial charge is 0.271 e. The molecule has 21 heavy (non-hydrogen) atoms. The zero-order valence-electron chi connectivity index (χ0n) is 11.2. The Morgan fingerprint density at radius 2 is 2.14 bits per heavy atom. The van der Waals surface area contributed by atoms with E-state index in [9.17, 15) is 10.1 Å². The third-order valence-corrected chi connectivity index (χ3v) is 4.58. The van der Waals surface area contributed by atoms with Crippen molar-refractivity contribution in [1.29, 1.82) is 0 Å². The number of hydrogen-bond acceptors (Lipinski definition) is 7. The molecule has 8 nitrogen and oxygen atoms in total. The van der Waals surface area contributed by atoms with Gasteiger partial charge in [0.15, 0.2) is 0 Å². The van der Waals surface area contributed by atoms with Crippen LogP contribution >= 0.6 is 11.8 Å². The second-order valence-corrected chi connectivity index (χ2v) is 5.93. The molecule has 0 atom stereocenters. The molecule has 1 heterocycles. The van der Waals surface area contributed by atoms with E-state index in [1.54, 1.807) is 6.07 Å². The van der Waals surface area contributed by atoms with E-state index < -0.39 is 4.92 Å². The molecule has 110 valence electrons. The summed E-state index contributed by atoms with van der Waals surface area (Å²) in [6.07, 6.45) is 4.53. The van der Waals surface area contributed by atoms with Crippen molar-refractivity contribution in [3.8, 4) is 0 Å². The maximum absolute atomic E-state index is 10.7. The number of aromatic nitrogens is 4. The molecule has 2 N–H and O–H groups in total. The standard InChI is InChI=1S/C12H14N6O2S/c13-10-7-9(18(19)20)5-6-11(10)21-12-14-15-16-17(12)8-3-1-2-4-8/h5-8H,1-4,13H2. The number of anilines is 1. The Bertz CT molecular complexity index is 668. The van der Waals surface area contributed by atoms with Crippen molar-refractivity contribution in [2.45, 2.75) is 41.8 Å². The van der Waals surface area contributed by atoms with Gasteiger partial charge in [-0.3, -0.25) is 10.1 Å². The van der Waals surface area contributed by atoms with Gasteiger partial charge >= 0.3 is 0 Å². The lowest BCUT2D eigenvalue weighted by atomic mass is 10.3. The van der Waals surface area contributed by atoms with Crippen LogP contribution < -0.4 is 5.73 Å². The van der Waals surface area contributed by atoms with Crippen molar-refractivity contribution in [1.82, 2.24) is 20.2 Å². The van der Waals surface area contributed by atoms with E-state index in [0.29, 0.717) is 16.9 Å². The molecule has 1 saturated carbocycles. The second-order valence-electron chi connectivity index (χ2n) is 4.93. The average molecular weight is 306 g/mol. The molecule has 1 aromatic carbocycles. The van der Waals surface area contributed by atoms with Crippen molar-refractivity contribution in [3.63, 3.8) is 0 Å². The highest BCUT2D eigenvalue weighted by molar-refractivity contribution is 7.99. The van der Waals surface area contributed by atoms with E-state index in [2.05, 4.69) is 15.5 Å². The number of nitrogen functional groups attached to an aromatic ring is 1. The Morgan fingerprint density at radius 3 is 2.81 bits per heavy atom. The minimum atomic E-state index is -0.465. The molecule has 0 aliphatic heterocycles. The molecule has 0 radical (unpaired) electrons. The molecular formula is C12H14N6O2S. The monoisotopic (exact) mass is 306 g/mol. The van der Waals surface area contributed by atoms with Crippen LogP contribution in [0.3, 0.4) is 0 Å². The number of tetrazole rings is 1. The van der Waals surface area contributed by atoms with Gasteiger partial charge in [0.1, 0.15) is 0 Å². The van der Waals surface area contributed by atoms with Gasteiger partial charge in [-0.05, 0) is 41.1 Å². The Hall–Kier alpha value is -2.16. The van der Waals surface area contributed by atoms with E-state index in [-0.39, 0.29) is 5.69 Å². The largest absolute Gasteiger partial charge is 0.398 e. The van der Waals surface area contributed by atoms with Gasteiger partial charge < -0.3 is 5.73 Å². The first-order valence-electron chi connectivity index (χ1n) is 6.65. The highest BCUT2D eigenvalue weighted by atomic mass is 32.2. The second kappa shape index (κ2) is 5.68. The van der Waals surface area contributed by atoms with Crippen LogP contribution in [0.1, 0.15) is 31.7 Å². The fraction of sp³-hybridized carbons (Fsp3) is 0.417. The maximum atomic E-state index is 10.7. The van der Waals surface area contributed by atoms with Gasteiger partial charge in [-0.15, -0.1) is 5.10 Å². The molecule has 3 rings (SSSR count). The van der Waals surface area contributed by atoms with Gasteiger partial charge in [0.05, 0.1) is 16.7 Å². The molecule has 0 bridgehead atoms. The van der Waals surface area contributed by atoms with Gasteiger partial charge in [0, 0.05) is 17.0 Å². The van der Waals surface area contributed by atoms with Crippen LogP contribution in [0, 0.1) is 10.1 Å². The summed E-state index contributed by atoms with van der Waals surface area (Å²) in [6.45, 7) is 0. The van der Waals surface area contributed by atoms with E-state index >= 15 is 0 Å². The zero-order chi connectivity index (χ0) is 14.8. The molecule has 0 unspecified atom stereocenters. The first-order chi connectivity index (χ1) is 10.1. The van der Waals surface area contributed by atoms with Gasteiger partial charge in [0.25, 0.3) is 5.69 Å². The minimum Gasteiger partial charge on any atom is -0.398 e. The Morgan fingerprint density at radius 1 is 1.38 bits per heavy atom. The number of benzene rings is 1. The average Bonchev–Trinajstić information content (AvgIpc) is 3.11. The van der Waals surface area contributed by atoms with Crippen LogP contribution in [0.15, 0.2) is 28.3 Å². The van der Waals surface area contributed by atoms with Crippen LogP contribution in [0.2, 0.25) is 0 Å². The summed E-state index contributed by atoms with van der Waals surface area (Å²) in [5.74, 6) is 0. The Labute approximate surface area is 124 Å². The minimum absolute atomic E-state index is 0.0211. The zero-order valence-corrected chi connectivity index (χ0v) is 12.0. The summed E-state index contributed by atoms with van der Waals surface area (Å²) < 4.78 is 1.83. The highest BCUT2D eigenvalue weighted by Crippen LogP contribution is 2.36. The number of rotatable bonds is 4. The lowest BCUT2D eigenvalue weighted by Gasteiger charge is -2.11. The van der Waals surface area contributed by atoms with Crippen molar-refractivity contribution < 1.29 is 4.92 Å². The van der Waals surface area contributed by atoms with Gasteiger partial charge in [-0.25, -0.2) is 4.68 Å². The van der Waals surface area contributed by atoms with Crippen molar-refractivity contribution in [3.05, 3.63) is 28.3 Å². The van der Waals surface area contributed by atoms with E-state index in [1.807, 2.05) is 4.68 Å². The quantitative estimate of drug-likeness (QED) is 0.524. The SMILES string of the molecule is Nc1cc([N+](=O)[O-])ccc1Sc1nnnn1C1CCCC1. The predicted molar refractivity (Wildman–Crippen MR) is 77.0 cm³/mol. The summed E-state index contributed by atoms with van der Waals surface area (Å²) in [5, 5.41) is 23.2. The molecule has 1 aromatic heterocycles. The third kappa shape index (κ3) is 2.82. The summed E-state index contributed by atoms with van der Waals surface area (Å²) in [4.78, 5) is 11.0. The third-order valence-electron chi connectivity index (χ3n) is 3.54. The highest BCUT2D eigenvalue weighted by Gasteiger charge is 2.22. The van der Waals surface area contributed by atoms with Crippen LogP contribution in [-0.4, -0.2) is 25.1 Å². The fourth-order valence-corrected chi connectivity index (χ4v) is 3.34. The van der Waals surface area contributed by atoms with Crippen LogP contribution in [0.5, 0.6) is 0 Å².